The summed E-state index contributed by atoms with van der Waals surface area (Å²) in [4.78, 5) is 29.8. The number of hydrogen-bond acceptors (Lipinski definition) is 5. The van der Waals surface area contributed by atoms with Crippen LogP contribution in [0.1, 0.15) is 47.6 Å². The zero-order valence-corrected chi connectivity index (χ0v) is 19.6. The first-order chi connectivity index (χ1) is 15.9. The summed E-state index contributed by atoms with van der Waals surface area (Å²) in [7, 11) is 0. The third-order valence-corrected chi connectivity index (χ3v) is 6.79. The number of hydrogen-bond donors (Lipinski definition) is 0. The number of morpholine rings is 1. The monoisotopic (exact) mass is 452 g/mol. The van der Waals surface area contributed by atoms with Gasteiger partial charge in [0, 0.05) is 24.3 Å². The molecule has 176 valence electrons. The van der Waals surface area contributed by atoms with E-state index in [4.69, 9.17) is 9.47 Å². The van der Waals surface area contributed by atoms with E-state index in [9.17, 15) is 9.59 Å². The van der Waals surface area contributed by atoms with Crippen molar-refractivity contribution in [2.75, 3.05) is 26.2 Å². The summed E-state index contributed by atoms with van der Waals surface area (Å²) in [5.74, 6) is 0.843. The van der Waals surface area contributed by atoms with E-state index in [1.807, 2.05) is 49.9 Å². The molecule has 5 rings (SSSR count). The number of carbonyl (C=O) groups excluding carboxylic acids is 2. The van der Waals surface area contributed by atoms with Gasteiger partial charge in [0.25, 0.3) is 5.91 Å². The van der Waals surface area contributed by atoms with Crippen LogP contribution in [0.2, 0.25) is 0 Å². The SMILES string of the molecule is Cc1ccccc1OC1CN(C(=O)Cn2nc(C(=O)N3C[C@@H](C)O[C@@H](C)C3)c3c2CCC3)C1. The molecular formula is C25H32N4O4. The fourth-order valence-electron chi connectivity index (χ4n) is 5.12. The predicted octanol–water partition coefficient (Wildman–Crippen LogP) is 2.22. The van der Waals surface area contributed by atoms with Crippen LogP contribution in [0.15, 0.2) is 24.3 Å². The van der Waals surface area contributed by atoms with Crippen LogP contribution in [0.25, 0.3) is 0 Å². The number of benzene rings is 1. The van der Waals surface area contributed by atoms with E-state index < -0.39 is 0 Å². The highest BCUT2D eigenvalue weighted by atomic mass is 16.5. The number of carbonyl (C=O) groups is 2. The molecule has 8 nitrogen and oxygen atoms in total. The zero-order valence-electron chi connectivity index (χ0n) is 19.6. The Labute approximate surface area is 194 Å². The molecule has 1 aliphatic carbocycles. The fraction of sp³-hybridized carbons (Fsp3) is 0.560. The Morgan fingerprint density at radius 3 is 2.52 bits per heavy atom. The molecule has 2 aromatic rings. The molecule has 0 radical (unpaired) electrons. The summed E-state index contributed by atoms with van der Waals surface area (Å²) in [6.45, 7) is 8.45. The molecule has 0 N–H and O–H groups in total. The van der Waals surface area contributed by atoms with Gasteiger partial charge in [-0.15, -0.1) is 0 Å². The summed E-state index contributed by atoms with van der Waals surface area (Å²) in [6, 6.07) is 7.92. The molecule has 0 bridgehead atoms. The van der Waals surface area contributed by atoms with Crippen molar-refractivity contribution in [1.29, 1.82) is 0 Å². The summed E-state index contributed by atoms with van der Waals surface area (Å²) in [5, 5.41) is 4.64. The van der Waals surface area contributed by atoms with Gasteiger partial charge in [-0.1, -0.05) is 18.2 Å². The molecule has 2 saturated heterocycles. The van der Waals surface area contributed by atoms with Gasteiger partial charge in [-0.2, -0.15) is 5.10 Å². The van der Waals surface area contributed by atoms with Crippen molar-refractivity contribution in [3.63, 3.8) is 0 Å². The number of amides is 2. The Balaban J connectivity index is 1.23. The van der Waals surface area contributed by atoms with Crippen molar-refractivity contribution in [1.82, 2.24) is 19.6 Å². The Bertz CT molecular complexity index is 1050. The topological polar surface area (TPSA) is 76.9 Å². The average molecular weight is 453 g/mol. The minimum atomic E-state index is -0.0444. The zero-order chi connectivity index (χ0) is 23.1. The number of ether oxygens (including phenoxy) is 2. The summed E-state index contributed by atoms with van der Waals surface area (Å²) >= 11 is 0. The van der Waals surface area contributed by atoms with Crippen LogP contribution in [0.5, 0.6) is 5.75 Å². The fourth-order valence-corrected chi connectivity index (χ4v) is 5.12. The van der Waals surface area contributed by atoms with Gasteiger partial charge in [0.05, 0.1) is 25.3 Å². The standard InChI is InChI=1S/C25H32N4O4/c1-16-7-4-5-10-22(16)33-19-13-27(14-19)23(30)15-29-21-9-6-8-20(21)24(26-29)25(31)28-11-17(2)32-18(3)12-28/h4-5,7,10,17-19H,6,8-9,11-15H2,1-3H3/t17-,18+. The Morgan fingerprint density at radius 1 is 1.06 bits per heavy atom. The first kappa shape index (κ1) is 21.9. The van der Waals surface area contributed by atoms with Gasteiger partial charge < -0.3 is 19.3 Å². The molecule has 2 amide bonds. The minimum absolute atomic E-state index is 0.00988. The van der Waals surface area contributed by atoms with Crippen molar-refractivity contribution >= 4 is 11.8 Å². The lowest BCUT2D eigenvalue weighted by Gasteiger charge is -2.39. The van der Waals surface area contributed by atoms with Gasteiger partial charge >= 0.3 is 0 Å². The van der Waals surface area contributed by atoms with Crippen molar-refractivity contribution < 1.29 is 19.1 Å². The van der Waals surface area contributed by atoms with E-state index in [-0.39, 0.29) is 36.7 Å². The number of fused-ring (bicyclic) bond motifs is 1. The van der Waals surface area contributed by atoms with Gasteiger partial charge in [0.2, 0.25) is 5.91 Å². The van der Waals surface area contributed by atoms with Crippen molar-refractivity contribution in [3.05, 3.63) is 46.8 Å². The largest absolute Gasteiger partial charge is 0.486 e. The molecule has 2 aliphatic heterocycles. The number of nitrogens with zero attached hydrogens (tertiary/aromatic N) is 4. The van der Waals surface area contributed by atoms with Crippen molar-refractivity contribution in [2.45, 2.75) is 64.9 Å². The van der Waals surface area contributed by atoms with E-state index in [1.54, 1.807) is 9.58 Å². The lowest BCUT2D eigenvalue weighted by Crippen LogP contribution is -2.57. The molecule has 8 heteroatoms. The van der Waals surface area contributed by atoms with Crippen molar-refractivity contribution in [2.24, 2.45) is 0 Å². The van der Waals surface area contributed by atoms with Crippen LogP contribution in [0.4, 0.5) is 0 Å². The van der Waals surface area contributed by atoms with Crippen LogP contribution in [0.3, 0.4) is 0 Å². The average Bonchev–Trinajstić information content (AvgIpc) is 3.34. The highest BCUT2D eigenvalue weighted by Gasteiger charge is 2.35. The molecule has 2 fully saturated rings. The first-order valence-corrected chi connectivity index (χ1v) is 11.9. The number of likely N-dealkylation sites (tertiary alicyclic amines) is 1. The predicted molar refractivity (Wildman–Crippen MR) is 122 cm³/mol. The van der Waals surface area contributed by atoms with E-state index in [1.165, 1.54) is 0 Å². The highest BCUT2D eigenvalue weighted by molar-refractivity contribution is 5.94. The lowest BCUT2D eigenvalue weighted by molar-refractivity contribution is -0.140. The molecule has 1 aromatic carbocycles. The normalized spacial score (nSPS) is 22.8. The second-order valence-electron chi connectivity index (χ2n) is 9.56. The number of rotatable bonds is 5. The second kappa shape index (κ2) is 8.82. The van der Waals surface area contributed by atoms with Gasteiger partial charge in [-0.25, -0.2) is 0 Å². The first-order valence-electron chi connectivity index (χ1n) is 11.9. The summed E-state index contributed by atoms with van der Waals surface area (Å²) in [6.07, 6.45) is 2.73. The summed E-state index contributed by atoms with van der Waals surface area (Å²) in [5.41, 5.74) is 3.66. The summed E-state index contributed by atoms with van der Waals surface area (Å²) < 4.78 is 13.6. The maximum absolute atomic E-state index is 13.3. The maximum Gasteiger partial charge on any atom is 0.274 e. The van der Waals surface area contributed by atoms with E-state index in [0.29, 0.717) is 31.9 Å². The van der Waals surface area contributed by atoms with Crippen LogP contribution in [-0.2, 0) is 28.9 Å². The molecule has 0 spiro atoms. The van der Waals surface area contributed by atoms with Gasteiger partial charge in [0.1, 0.15) is 18.4 Å². The van der Waals surface area contributed by atoms with Gasteiger partial charge in [-0.05, 0) is 51.7 Å². The lowest BCUT2D eigenvalue weighted by atomic mass is 10.1. The van der Waals surface area contributed by atoms with Crippen LogP contribution in [-0.4, -0.2) is 75.9 Å². The third kappa shape index (κ3) is 4.36. The molecule has 3 heterocycles. The molecule has 3 aliphatic rings. The minimum Gasteiger partial charge on any atom is -0.486 e. The smallest absolute Gasteiger partial charge is 0.274 e. The Morgan fingerprint density at radius 2 is 1.79 bits per heavy atom. The molecule has 33 heavy (non-hydrogen) atoms. The molecule has 0 unspecified atom stereocenters. The van der Waals surface area contributed by atoms with Crippen LogP contribution >= 0.6 is 0 Å². The van der Waals surface area contributed by atoms with E-state index in [0.717, 1.165) is 41.8 Å². The molecule has 1 aromatic heterocycles. The van der Waals surface area contributed by atoms with Gasteiger partial charge in [-0.3, -0.25) is 14.3 Å². The quantitative estimate of drug-likeness (QED) is 0.695. The number of aryl methyl sites for hydroxylation is 1. The number of aromatic nitrogens is 2. The van der Waals surface area contributed by atoms with Crippen molar-refractivity contribution in [3.8, 4) is 5.75 Å². The highest BCUT2D eigenvalue weighted by Crippen LogP contribution is 2.28. The molecule has 2 atom stereocenters. The van der Waals surface area contributed by atoms with E-state index >= 15 is 0 Å². The maximum atomic E-state index is 13.3. The number of para-hydroxylation sites is 1. The Kier molecular flexibility index (Phi) is 5.86. The van der Waals surface area contributed by atoms with E-state index in [2.05, 4.69) is 5.10 Å². The van der Waals surface area contributed by atoms with Gasteiger partial charge in [0.15, 0.2) is 5.69 Å². The Hall–Kier alpha value is -2.87. The molecular weight excluding hydrogens is 420 g/mol. The van der Waals surface area contributed by atoms with Crippen LogP contribution in [0, 0.1) is 6.92 Å². The second-order valence-corrected chi connectivity index (χ2v) is 9.56. The van der Waals surface area contributed by atoms with Crippen LogP contribution < -0.4 is 4.74 Å². The third-order valence-electron chi connectivity index (χ3n) is 6.79. The molecule has 0 saturated carbocycles.